The van der Waals surface area contributed by atoms with Crippen LogP contribution in [0.25, 0.3) is 22.3 Å². The summed E-state index contributed by atoms with van der Waals surface area (Å²) in [4.78, 5) is 18.9. The first-order chi connectivity index (χ1) is 11.1. The van der Waals surface area contributed by atoms with E-state index in [1.165, 1.54) is 0 Å². The minimum absolute atomic E-state index is 0.635. The van der Waals surface area contributed by atoms with Crippen molar-refractivity contribution in [2.45, 2.75) is 4.90 Å². The fourth-order valence-electron chi connectivity index (χ4n) is 2.32. The van der Waals surface area contributed by atoms with E-state index in [2.05, 4.69) is 15.3 Å². The van der Waals surface area contributed by atoms with Crippen LogP contribution in [0.5, 0.6) is 0 Å². The summed E-state index contributed by atoms with van der Waals surface area (Å²) < 4.78 is 13.8. The first-order valence-corrected chi connectivity index (χ1v) is 8.09. The number of hydrogen-bond donors (Lipinski definition) is 2. The molecule has 0 bridgehead atoms. The Kier molecular flexibility index (Phi) is 4.22. The van der Waals surface area contributed by atoms with Gasteiger partial charge in [-0.1, -0.05) is 12.1 Å². The minimum Gasteiger partial charge on any atom is -0.344 e. The maximum Gasteiger partial charge on any atom is 0.211 e. The van der Waals surface area contributed by atoms with Gasteiger partial charge >= 0.3 is 0 Å². The Morgan fingerprint density at radius 3 is 2.83 bits per heavy atom. The Bertz CT molecular complexity index is 889. The molecule has 2 aromatic heterocycles. The highest BCUT2D eigenvalue weighted by Crippen LogP contribution is 2.26. The van der Waals surface area contributed by atoms with Crippen molar-refractivity contribution in [3.8, 4) is 11.3 Å². The maximum absolute atomic E-state index is 12.2. The van der Waals surface area contributed by atoms with Gasteiger partial charge in [0.25, 0.3) is 0 Å². The van der Waals surface area contributed by atoms with Gasteiger partial charge in [-0.3, -0.25) is 4.79 Å². The minimum atomic E-state index is -1.20. The van der Waals surface area contributed by atoms with E-state index in [9.17, 15) is 9.00 Å². The molecule has 0 fully saturated rings. The van der Waals surface area contributed by atoms with E-state index >= 15 is 0 Å². The lowest BCUT2D eigenvalue weighted by Gasteiger charge is -2.10. The smallest absolute Gasteiger partial charge is 0.211 e. The summed E-state index contributed by atoms with van der Waals surface area (Å²) in [5.74, 6) is 0. The summed E-state index contributed by atoms with van der Waals surface area (Å²) in [5.41, 5.74) is 3.04. The number of aromatic nitrogens is 2. The second-order valence-electron chi connectivity index (χ2n) is 5.15. The molecule has 2 heterocycles. The van der Waals surface area contributed by atoms with E-state index < -0.39 is 11.0 Å². The average Bonchev–Trinajstić information content (AvgIpc) is 2.97. The number of carbonyl (C=O) groups is 1. The van der Waals surface area contributed by atoms with E-state index in [4.69, 9.17) is 0 Å². The van der Waals surface area contributed by atoms with Gasteiger partial charge < -0.3 is 10.3 Å². The number of amides is 1. The molecule has 0 aliphatic heterocycles. The third-order valence-electron chi connectivity index (χ3n) is 3.42. The van der Waals surface area contributed by atoms with E-state index in [0.717, 1.165) is 21.5 Å². The lowest BCUT2D eigenvalue weighted by Crippen LogP contribution is -2.15. The zero-order chi connectivity index (χ0) is 16.4. The molecule has 118 valence electrons. The number of benzene rings is 1. The van der Waals surface area contributed by atoms with Crippen LogP contribution in [0.4, 0.5) is 5.69 Å². The molecule has 0 spiro atoms. The third-order valence-corrected chi connectivity index (χ3v) is 4.74. The Balaban J connectivity index is 2.02. The third kappa shape index (κ3) is 3.01. The normalized spacial score (nSPS) is 12.5. The van der Waals surface area contributed by atoms with Crippen molar-refractivity contribution in [1.29, 1.82) is 0 Å². The number of carbonyl (C=O) groups excluding carboxylic acids is 1. The number of hydrogen-bond acceptors (Lipinski definition) is 3. The van der Waals surface area contributed by atoms with Crippen molar-refractivity contribution < 1.29 is 9.00 Å². The van der Waals surface area contributed by atoms with Crippen molar-refractivity contribution in [2.75, 3.05) is 19.4 Å². The Morgan fingerprint density at radius 2 is 2.09 bits per heavy atom. The first kappa shape index (κ1) is 15.4. The van der Waals surface area contributed by atoms with Gasteiger partial charge in [0.15, 0.2) is 0 Å². The topological polar surface area (TPSA) is 78.1 Å². The fourth-order valence-corrected chi connectivity index (χ4v) is 3.17. The SMILES string of the molecule is CN(C)S(=O)c1cccc(-c2ccc3c(NC=O)c[nH]c3n2)c1. The summed E-state index contributed by atoms with van der Waals surface area (Å²) in [6.07, 6.45) is 2.34. The van der Waals surface area contributed by atoms with Crippen LogP contribution in [0.15, 0.2) is 47.5 Å². The predicted octanol–water partition coefficient (Wildman–Crippen LogP) is 2.38. The van der Waals surface area contributed by atoms with Gasteiger partial charge in [0, 0.05) is 17.1 Å². The lowest BCUT2D eigenvalue weighted by atomic mass is 10.1. The van der Waals surface area contributed by atoms with Crippen molar-refractivity contribution in [3.63, 3.8) is 0 Å². The van der Waals surface area contributed by atoms with Gasteiger partial charge in [0.2, 0.25) is 6.41 Å². The second-order valence-corrected chi connectivity index (χ2v) is 6.85. The monoisotopic (exact) mass is 328 g/mol. The summed E-state index contributed by atoms with van der Waals surface area (Å²) >= 11 is 0. The van der Waals surface area contributed by atoms with Crippen LogP contribution in [0.2, 0.25) is 0 Å². The van der Waals surface area contributed by atoms with Crippen molar-refractivity contribution in [2.24, 2.45) is 0 Å². The Labute approximate surface area is 136 Å². The standard InChI is InChI=1S/C16H16N4O2S/c1-20(2)23(22)12-5-3-4-11(8-12)14-7-6-13-15(18-10-21)9-17-16(13)19-14/h3-10H,1-2H3,(H,17,19)(H,18,21). The number of aromatic amines is 1. The molecule has 2 N–H and O–H groups in total. The molecule has 3 aromatic rings. The summed E-state index contributed by atoms with van der Waals surface area (Å²) in [6, 6.07) is 11.3. The van der Waals surface area contributed by atoms with Gasteiger partial charge in [-0.2, -0.15) is 0 Å². The molecule has 0 saturated carbocycles. The molecular formula is C16H16N4O2S. The molecule has 0 saturated heterocycles. The van der Waals surface area contributed by atoms with Crippen LogP contribution >= 0.6 is 0 Å². The highest BCUT2D eigenvalue weighted by Gasteiger charge is 2.10. The Morgan fingerprint density at radius 1 is 1.26 bits per heavy atom. The number of H-pyrrole nitrogens is 1. The van der Waals surface area contributed by atoms with Crippen LogP contribution in [-0.4, -0.2) is 39.0 Å². The van der Waals surface area contributed by atoms with Crippen LogP contribution in [0.1, 0.15) is 0 Å². The van der Waals surface area contributed by atoms with E-state index in [1.807, 2.05) is 36.4 Å². The number of nitrogens with zero attached hydrogens (tertiary/aromatic N) is 2. The average molecular weight is 328 g/mol. The fraction of sp³-hybridized carbons (Fsp3) is 0.125. The van der Waals surface area contributed by atoms with Gasteiger partial charge in [0.05, 0.1) is 16.3 Å². The summed E-state index contributed by atoms with van der Waals surface area (Å²) in [7, 11) is 2.35. The number of nitrogens with one attached hydrogen (secondary N) is 2. The van der Waals surface area contributed by atoms with E-state index in [1.54, 1.807) is 24.6 Å². The summed E-state index contributed by atoms with van der Waals surface area (Å²) in [5, 5.41) is 3.47. The molecule has 7 heteroatoms. The first-order valence-electron chi connectivity index (χ1n) is 6.98. The quantitative estimate of drug-likeness (QED) is 0.706. The van der Waals surface area contributed by atoms with Crippen molar-refractivity contribution in [1.82, 2.24) is 14.3 Å². The van der Waals surface area contributed by atoms with Crippen LogP contribution in [-0.2, 0) is 15.8 Å². The molecule has 1 aromatic carbocycles. The van der Waals surface area contributed by atoms with E-state index in [0.29, 0.717) is 17.7 Å². The molecular weight excluding hydrogens is 312 g/mol. The molecule has 0 aliphatic rings. The van der Waals surface area contributed by atoms with Crippen LogP contribution in [0.3, 0.4) is 0 Å². The van der Waals surface area contributed by atoms with Gasteiger partial charge in [-0.05, 0) is 38.4 Å². The number of anilines is 1. The van der Waals surface area contributed by atoms with Crippen LogP contribution in [0, 0.1) is 0 Å². The zero-order valence-corrected chi connectivity index (χ0v) is 13.6. The highest BCUT2D eigenvalue weighted by atomic mass is 32.2. The molecule has 0 aliphatic carbocycles. The molecule has 1 unspecified atom stereocenters. The van der Waals surface area contributed by atoms with Crippen LogP contribution < -0.4 is 5.32 Å². The Hall–Kier alpha value is -2.51. The highest BCUT2D eigenvalue weighted by molar-refractivity contribution is 7.82. The largest absolute Gasteiger partial charge is 0.344 e. The number of rotatable bonds is 5. The molecule has 23 heavy (non-hydrogen) atoms. The van der Waals surface area contributed by atoms with Gasteiger partial charge in [0.1, 0.15) is 16.6 Å². The van der Waals surface area contributed by atoms with Gasteiger partial charge in [-0.25, -0.2) is 13.5 Å². The maximum atomic E-state index is 12.2. The molecule has 6 nitrogen and oxygen atoms in total. The molecule has 1 amide bonds. The molecule has 3 rings (SSSR count). The zero-order valence-electron chi connectivity index (χ0n) is 12.7. The molecule has 1 atom stereocenters. The lowest BCUT2D eigenvalue weighted by molar-refractivity contribution is -0.105. The van der Waals surface area contributed by atoms with Gasteiger partial charge in [-0.15, -0.1) is 0 Å². The number of fused-ring (bicyclic) bond motifs is 1. The van der Waals surface area contributed by atoms with Crippen molar-refractivity contribution >= 4 is 34.1 Å². The van der Waals surface area contributed by atoms with E-state index in [-0.39, 0.29) is 0 Å². The number of pyridine rings is 1. The predicted molar refractivity (Wildman–Crippen MR) is 91.3 cm³/mol. The van der Waals surface area contributed by atoms with Crippen molar-refractivity contribution in [3.05, 3.63) is 42.6 Å². The molecule has 0 radical (unpaired) electrons. The second kappa shape index (κ2) is 6.31. The summed E-state index contributed by atoms with van der Waals surface area (Å²) in [6.45, 7) is 0.